The summed E-state index contributed by atoms with van der Waals surface area (Å²) in [6, 6.07) is 4.93. The lowest BCUT2D eigenvalue weighted by Gasteiger charge is -2.53. The number of rotatable bonds is 21. The first-order chi connectivity index (χ1) is 41.2. The van der Waals surface area contributed by atoms with Gasteiger partial charge in [-0.3, -0.25) is 0 Å². The fraction of sp³-hybridized carbons (Fsp3) is 0.932. The molecule has 6 rings (SSSR count). The molecule has 0 amide bonds. The van der Waals surface area contributed by atoms with E-state index in [0.717, 1.165) is 201 Å². The number of aryl methyl sites for hydroxylation is 2. The fourth-order valence-electron chi connectivity index (χ4n) is 24.5. The molecule has 0 bridgehead atoms. The van der Waals surface area contributed by atoms with Crippen molar-refractivity contribution in [3.05, 3.63) is 34.4 Å². The second-order valence-corrected chi connectivity index (χ2v) is 37.3. The maximum atomic E-state index is 2.75. The number of benzene rings is 1. The number of fused-ring (bicyclic) bond motifs is 3. The van der Waals surface area contributed by atoms with E-state index in [4.69, 9.17) is 0 Å². The smallest absolute Gasteiger partial charge is 0.0239 e. The van der Waals surface area contributed by atoms with E-state index in [1.54, 1.807) is 22.3 Å². The maximum Gasteiger partial charge on any atom is -0.0239 e. The van der Waals surface area contributed by atoms with Crippen LogP contribution in [-0.4, -0.2) is 0 Å². The van der Waals surface area contributed by atoms with Crippen LogP contribution in [0.4, 0.5) is 0 Å². The predicted molar refractivity (Wildman–Crippen MR) is 395 cm³/mol. The molecule has 0 heteroatoms. The molecule has 4 saturated carbocycles. The van der Waals surface area contributed by atoms with Crippen LogP contribution >= 0.6 is 0 Å². The van der Waals surface area contributed by atoms with Crippen molar-refractivity contribution < 1.29 is 0 Å². The molecule has 4 fully saturated rings. The SMILES string of the molecule is CCCC(C)C(C)C(C(C)C)C(C)CC(C)C(C)C(C)CC(C(C)C)C(C)C1CCCC1C.CCc1ccc(C)c2c1CC1C(CCC3C(C)CC(C)C(C(C)C)C(C)C(C)CC(C)C(C)C4CCCC4C(C)C(C(C)C)CC3C)C(C)C(C)C(C)C1C2. The Labute approximate surface area is 555 Å². The summed E-state index contributed by atoms with van der Waals surface area (Å²) >= 11 is 0. The summed E-state index contributed by atoms with van der Waals surface area (Å²) in [4.78, 5) is 0. The summed E-state index contributed by atoms with van der Waals surface area (Å²) in [7, 11) is 0. The quantitative estimate of drug-likeness (QED) is 0.115. The highest BCUT2D eigenvalue weighted by atomic mass is 14.5. The first kappa shape index (κ1) is 77.9. The van der Waals surface area contributed by atoms with E-state index in [2.05, 4.69) is 220 Å². The molecule has 0 aromatic heterocycles. The van der Waals surface area contributed by atoms with E-state index in [9.17, 15) is 0 Å². The molecule has 514 valence electrons. The largest absolute Gasteiger partial charge is 0.0654 e. The molecule has 0 spiro atoms. The van der Waals surface area contributed by atoms with Gasteiger partial charge in [-0.05, 0) is 314 Å². The monoisotopic (exact) mass is 1220 g/mol. The van der Waals surface area contributed by atoms with Crippen LogP contribution in [0.25, 0.3) is 0 Å². The van der Waals surface area contributed by atoms with Crippen LogP contribution in [0.15, 0.2) is 12.1 Å². The Kier molecular flexibility index (Phi) is 31.2. The molecule has 0 heterocycles. The van der Waals surface area contributed by atoms with Crippen molar-refractivity contribution in [3.63, 3.8) is 0 Å². The molecule has 0 N–H and O–H groups in total. The standard InChI is InChI=1S/C55H96.C33H66/c1-18-45-23-22-33(6)51-29-52-43(16)41(14)42(15)49(54(52)30-53(45)51)25-24-46-36(9)27-38(11)55(32(4)5)40(13)35(8)26-34(7)39(12)47-20-19-21-48(47)44(17)50(31(2)3)28-37(46)10;1-14-16-23(6)29(12)33(22(4)5)27(10)19-25(8)28(11)26(9)20-32(21(2)3)30(13)31-18-15-17-24(31)7/h22-23,31-32,34-44,46-50,52,54-55H,18-21,24-30H2,1-17H3;21-33H,14-20H2,1-13H3. The molecular formula is C88H162. The van der Waals surface area contributed by atoms with Gasteiger partial charge in [0.2, 0.25) is 0 Å². The van der Waals surface area contributed by atoms with E-state index in [0.29, 0.717) is 0 Å². The Bertz CT molecular complexity index is 2100. The highest BCUT2D eigenvalue weighted by molar-refractivity contribution is 5.43. The van der Waals surface area contributed by atoms with E-state index in [1.807, 2.05) is 0 Å². The lowest BCUT2D eigenvalue weighted by molar-refractivity contribution is -0.0140. The summed E-state index contributed by atoms with van der Waals surface area (Å²) in [6.07, 6.45) is 25.5. The van der Waals surface area contributed by atoms with Gasteiger partial charge in [0.1, 0.15) is 0 Å². The Balaban J connectivity index is 0.000000366. The van der Waals surface area contributed by atoms with Gasteiger partial charge in [0.05, 0.1) is 0 Å². The topological polar surface area (TPSA) is 0 Å². The Morgan fingerprint density at radius 2 is 0.977 bits per heavy atom. The van der Waals surface area contributed by atoms with Crippen molar-refractivity contribution in [2.75, 3.05) is 0 Å². The van der Waals surface area contributed by atoms with Gasteiger partial charge in [-0.1, -0.05) is 245 Å². The lowest BCUT2D eigenvalue weighted by Crippen LogP contribution is -2.47. The summed E-state index contributed by atoms with van der Waals surface area (Å²) in [6.45, 7) is 77.4. The van der Waals surface area contributed by atoms with Gasteiger partial charge < -0.3 is 0 Å². The predicted octanol–water partition coefficient (Wildman–Crippen LogP) is 27.1. The van der Waals surface area contributed by atoms with Gasteiger partial charge in [0, 0.05) is 0 Å². The molecule has 1 aromatic rings. The highest BCUT2D eigenvalue weighted by Crippen LogP contribution is 2.56. The molecular weight excluding hydrogens is 1060 g/mol. The highest BCUT2D eigenvalue weighted by Gasteiger charge is 2.49. The van der Waals surface area contributed by atoms with Crippen molar-refractivity contribution in [1.82, 2.24) is 0 Å². The van der Waals surface area contributed by atoms with Crippen LogP contribution in [0.1, 0.15) is 319 Å². The molecule has 0 radical (unpaired) electrons. The molecule has 30 unspecified atom stereocenters. The zero-order valence-corrected chi connectivity index (χ0v) is 65.5. The average Bonchev–Trinajstić information content (AvgIpc) is 0.953. The summed E-state index contributed by atoms with van der Waals surface area (Å²) in [5.74, 6) is 28.5. The first-order valence-corrected chi connectivity index (χ1v) is 40.3. The number of hydrogen-bond acceptors (Lipinski definition) is 0. The second-order valence-electron chi connectivity index (χ2n) is 37.3. The first-order valence-electron chi connectivity index (χ1n) is 40.3. The molecule has 0 aliphatic heterocycles. The van der Waals surface area contributed by atoms with Crippen LogP contribution in [-0.2, 0) is 19.3 Å². The van der Waals surface area contributed by atoms with E-state index < -0.39 is 0 Å². The third kappa shape index (κ3) is 19.0. The molecule has 0 nitrogen and oxygen atoms in total. The fourth-order valence-corrected chi connectivity index (χ4v) is 24.5. The zero-order valence-electron chi connectivity index (χ0n) is 65.5. The Hall–Kier alpha value is -0.780. The molecule has 30 atom stereocenters. The van der Waals surface area contributed by atoms with Crippen LogP contribution in [0.3, 0.4) is 0 Å². The minimum absolute atomic E-state index is 0.752. The van der Waals surface area contributed by atoms with Gasteiger partial charge in [-0.15, -0.1) is 0 Å². The van der Waals surface area contributed by atoms with Gasteiger partial charge in [0.25, 0.3) is 0 Å². The molecule has 1 aromatic carbocycles. The normalized spacial score (nSPS) is 38.5. The van der Waals surface area contributed by atoms with E-state index in [1.165, 1.54) is 116 Å². The second kappa shape index (κ2) is 35.3. The minimum atomic E-state index is 0.752. The van der Waals surface area contributed by atoms with Crippen molar-refractivity contribution >= 4 is 0 Å². The van der Waals surface area contributed by atoms with Crippen molar-refractivity contribution in [2.24, 2.45) is 201 Å². The number of hydrogen-bond donors (Lipinski definition) is 0. The van der Waals surface area contributed by atoms with Crippen molar-refractivity contribution in [2.45, 2.75) is 323 Å². The molecule has 5 aliphatic rings. The van der Waals surface area contributed by atoms with E-state index >= 15 is 0 Å². The summed E-state index contributed by atoms with van der Waals surface area (Å²) in [5, 5.41) is 0. The third-order valence-corrected chi connectivity index (χ3v) is 30.9. The zero-order chi connectivity index (χ0) is 66.1. The Morgan fingerprint density at radius 3 is 1.53 bits per heavy atom. The van der Waals surface area contributed by atoms with E-state index in [-0.39, 0.29) is 0 Å². The van der Waals surface area contributed by atoms with Gasteiger partial charge >= 0.3 is 0 Å². The van der Waals surface area contributed by atoms with Crippen LogP contribution in [0.2, 0.25) is 0 Å². The maximum absolute atomic E-state index is 2.75. The van der Waals surface area contributed by atoms with Crippen LogP contribution in [0.5, 0.6) is 0 Å². The Morgan fingerprint density at radius 1 is 0.420 bits per heavy atom. The molecule has 5 aliphatic carbocycles. The lowest BCUT2D eigenvalue weighted by atomic mass is 9.52. The van der Waals surface area contributed by atoms with Gasteiger partial charge in [-0.25, -0.2) is 0 Å². The molecule has 0 saturated heterocycles. The minimum Gasteiger partial charge on any atom is -0.0654 e. The average molecular weight is 1220 g/mol. The van der Waals surface area contributed by atoms with Crippen molar-refractivity contribution in [1.29, 1.82) is 0 Å². The third-order valence-electron chi connectivity index (χ3n) is 30.9. The summed E-state index contributed by atoms with van der Waals surface area (Å²) in [5.41, 5.74) is 6.73. The summed E-state index contributed by atoms with van der Waals surface area (Å²) < 4.78 is 0. The van der Waals surface area contributed by atoms with Crippen molar-refractivity contribution in [3.8, 4) is 0 Å². The van der Waals surface area contributed by atoms with Crippen LogP contribution < -0.4 is 0 Å². The van der Waals surface area contributed by atoms with Gasteiger partial charge in [-0.2, -0.15) is 0 Å². The van der Waals surface area contributed by atoms with Crippen LogP contribution in [0, 0.1) is 208 Å². The molecule has 88 heavy (non-hydrogen) atoms. The van der Waals surface area contributed by atoms with Gasteiger partial charge in [0.15, 0.2) is 0 Å².